The Hall–Kier alpha value is -3.36. The number of carbonyl (C=O) groups excluding carboxylic acids is 2. The van der Waals surface area contributed by atoms with Crippen LogP contribution in [0.4, 0.5) is 15.0 Å². The first-order chi connectivity index (χ1) is 15.3. The van der Waals surface area contributed by atoms with E-state index in [1.807, 2.05) is 13.8 Å². The summed E-state index contributed by atoms with van der Waals surface area (Å²) in [6.07, 6.45) is 3.97. The summed E-state index contributed by atoms with van der Waals surface area (Å²) in [5.74, 6) is 0.161. The molecule has 3 aromatic heterocycles. The first kappa shape index (κ1) is 23.3. The maximum absolute atomic E-state index is 14.3. The van der Waals surface area contributed by atoms with Gasteiger partial charge in [-0.2, -0.15) is 5.10 Å². The number of carbonyl (C=O) groups is 2. The van der Waals surface area contributed by atoms with Crippen molar-refractivity contribution in [3.05, 3.63) is 53.4 Å². The van der Waals surface area contributed by atoms with E-state index in [1.54, 1.807) is 12.3 Å². The molecule has 0 spiro atoms. The van der Waals surface area contributed by atoms with Crippen LogP contribution in [0.3, 0.4) is 0 Å². The topological polar surface area (TPSA) is 89.7 Å². The van der Waals surface area contributed by atoms with E-state index in [2.05, 4.69) is 28.9 Å². The van der Waals surface area contributed by atoms with Gasteiger partial charge in [0, 0.05) is 11.9 Å². The number of cyclic esters (lactones) is 1. The van der Waals surface area contributed by atoms with Crippen LogP contribution in [0.25, 0.3) is 5.65 Å². The molecule has 0 aromatic carbocycles. The van der Waals surface area contributed by atoms with E-state index >= 15 is 0 Å². The lowest BCUT2D eigenvalue weighted by Gasteiger charge is -2.20. The van der Waals surface area contributed by atoms with Gasteiger partial charge in [0.25, 0.3) is 0 Å². The second-order valence-corrected chi connectivity index (χ2v) is 7.77. The van der Waals surface area contributed by atoms with Crippen LogP contribution in [0.1, 0.15) is 68.8 Å². The normalized spacial score (nSPS) is 15.7. The molecule has 1 saturated heterocycles. The summed E-state index contributed by atoms with van der Waals surface area (Å²) >= 11 is 0. The van der Waals surface area contributed by atoms with Gasteiger partial charge in [-0.3, -0.25) is 9.78 Å². The molecule has 1 atom stereocenters. The molecule has 0 aliphatic carbocycles. The smallest absolute Gasteiger partial charge is 0.416 e. The number of ketones is 1. The molecule has 1 fully saturated rings. The van der Waals surface area contributed by atoms with Gasteiger partial charge in [0.15, 0.2) is 11.4 Å². The van der Waals surface area contributed by atoms with Crippen LogP contribution in [0.2, 0.25) is 0 Å². The predicted molar refractivity (Wildman–Crippen MR) is 118 cm³/mol. The number of rotatable bonds is 6. The number of pyridine rings is 1. The van der Waals surface area contributed by atoms with Gasteiger partial charge in [0.1, 0.15) is 24.3 Å². The summed E-state index contributed by atoms with van der Waals surface area (Å²) in [7, 11) is 0. The Morgan fingerprint density at radius 3 is 2.72 bits per heavy atom. The number of halogens is 1. The van der Waals surface area contributed by atoms with Crippen LogP contribution in [-0.4, -0.2) is 38.1 Å². The van der Waals surface area contributed by atoms with Crippen molar-refractivity contribution in [1.82, 2.24) is 19.6 Å². The number of amides is 1. The minimum absolute atomic E-state index is 0.0323. The SMILES string of the molecule is CC.CC(=O)c1cnn2ccc(N3C(=O)OC[C@@H]3c3cc(F)cc(CCC(C)C)n3)nc12. The van der Waals surface area contributed by atoms with E-state index in [9.17, 15) is 14.0 Å². The van der Waals surface area contributed by atoms with Crippen LogP contribution in [0.15, 0.2) is 30.6 Å². The van der Waals surface area contributed by atoms with Gasteiger partial charge >= 0.3 is 6.09 Å². The Bertz CT molecular complexity index is 1130. The predicted octanol–water partition coefficient (Wildman–Crippen LogP) is 4.78. The van der Waals surface area contributed by atoms with Crippen LogP contribution in [0.5, 0.6) is 0 Å². The lowest BCUT2D eigenvalue weighted by atomic mass is 10.1. The molecule has 3 aromatic rings. The minimum atomic E-state index is -0.621. The lowest BCUT2D eigenvalue weighted by molar-refractivity contribution is 0.101. The maximum atomic E-state index is 14.3. The van der Waals surface area contributed by atoms with Gasteiger partial charge in [-0.05, 0) is 43.9 Å². The monoisotopic (exact) mass is 441 g/mol. The Balaban J connectivity index is 0.00000141. The van der Waals surface area contributed by atoms with Gasteiger partial charge in [-0.1, -0.05) is 27.7 Å². The molecule has 0 saturated carbocycles. The summed E-state index contributed by atoms with van der Waals surface area (Å²) < 4.78 is 21.0. The number of nitrogens with zero attached hydrogens (tertiary/aromatic N) is 5. The van der Waals surface area contributed by atoms with E-state index < -0.39 is 18.0 Å². The van der Waals surface area contributed by atoms with Gasteiger partial charge in [0.2, 0.25) is 0 Å². The van der Waals surface area contributed by atoms with E-state index in [4.69, 9.17) is 4.74 Å². The molecule has 0 N–H and O–H groups in total. The Labute approximate surface area is 186 Å². The summed E-state index contributed by atoms with van der Waals surface area (Å²) in [5.41, 5.74) is 1.72. The quantitative estimate of drug-likeness (QED) is 0.512. The van der Waals surface area contributed by atoms with Crippen molar-refractivity contribution in [3.63, 3.8) is 0 Å². The zero-order chi connectivity index (χ0) is 23.4. The maximum Gasteiger partial charge on any atom is 0.416 e. The number of aryl methyl sites for hydroxylation is 1. The molecule has 170 valence electrons. The summed E-state index contributed by atoms with van der Waals surface area (Å²) in [5, 5.41) is 4.10. The number of hydrogen-bond acceptors (Lipinski definition) is 6. The third-order valence-corrected chi connectivity index (χ3v) is 5.04. The number of ether oxygens (including phenoxy) is 1. The van der Waals surface area contributed by atoms with Crippen molar-refractivity contribution in [1.29, 1.82) is 0 Å². The number of anilines is 1. The molecule has 0 radical (unpaired) electrons. The van der Waals surface area contributed by atoms with Gasteiger partial charge in [0.05, 0.1) is 17.5 Å². The molecular formula is C23H28FN5O3. The van der Waals surface area contributed by atoms with Crippen LogP contribution >= 0.6 is 0 Å². The van der Waals surface area contributed by atoms with Gasteiger partial charge < -0.3 is 4.74 Å². The standard InChI is InChI=1S/C21H22FN5O3.C2H6/c1-12(2)4-5-15-8-14(22)9-17(24-15)18-11-30-21(29)27(18)19-6-7-26-20(25-19)16(10-23-26)13(3)28;1-2/h6-10,12,18H,4-5,11H2,1-3H3;1-2H3/t18-;/m1./s1. The van der Waals surface area contributed by atoms with Crippen molar-refractivity contribution in [3.8, 4) is 0 Å². The van der Waals surface area contributed by atoms with E-state index in [1.165, 1.54) is 34.7 Å². The molecule has 8 nitrogen and oxygen atoms in total. The molecule has 4 rings (SSSR count). The first-order valence-corrected chi connectivity index (χ1v) is 10.8. The molecule has 0 bridgehead atoms. The van der Waals surface area contributed by atoms with Crippen LogP contribution in [0, 0.1) is 11.7 Å². The second kappa shape index (κ2) is 9.84. The number of aromatic nitrogens is 4. The summed E-state index contributed by atoms with van der Waals surface area (Å²) in [6.45, 7) is 9.65. The van der Waals surface area contributed by atoms with Crippen molar-refractivity contribution in [2.45, 2.75) is 53.5 Å². The molecule has 32 heavy (non-hydrogen) atoms. The largest absolute Gasteiger partial charge is 0.446 e. The van der Waals surface area contributed by atoms with Gasteiger partial charge in [-0.25, -0.2) is 23.6 Å². The Morgan fingerprint density at radius 1 is 1.28 bits per heavy atom. The van der Waals surface area contributed by atoms with Crippen molar-refractivity contribution < 1.29 is 18.7 Å². The average Bonchev–Trinajstić information content (AvgIpc) is 3.36. The highest BCUT2D eigenvalue weighted by Crippen LogP contribution is 2.32. The van der Waals surface area contributed by atoms with Crippen molar-refractivity contribution in [2.75, 3.05) is 11.5 Å². The van der Waals surface area contributed by atoms with E-state index in [0.717, 1.165) is 6.42 Å². The number of Topliss-reactive ketones (excluding diaryl/α,β-unsaturated/α-hetero) is 1. The molecule has 1 amide bonds. The zero-order valence-electron chi connectivity index (χ0n) is 19.0. The average molecular weight is 442 g/mol. The fourth-order valence-electron chi connectivity index (χ4n) is 3.44. The molecule has 1 aliphatic rings. The summed E-state index contributed by atoms with van der Waals surface area (Å²) in [4.78, 5) is 34.7. The molecule has 0 unspecified atom stereocenters. The number of fused-ring (bicyclic) bond motifs is 1. The second-order valence-electron chi connectivity index (χ2n) is 7.77. The number of hydrogen-bond donors (Lipinski definition) is 0. The highest BCUT2D eigenvalue weighted by Gasteiger charge is 2.38. The van der Waals surface area contributed by atoms with E-state index in [-0.39, 0.29) is 18.2 Å². The first-order valence-electron chi connectivity index (χ1n) is 10.8. The van der Waals surface area contributed by atoms with Crippen LogP contribution < -0.4 is 4.90 Å². The highest BCUT2D eigenvalue weighted by atomic mass is 19.1. The van der Waals surface area contributed by atoms with Crippen LogP contribution in [-0.2, 0) is 11.2 Å². The Kier molecular flexibility index (Phi) is 7.17. The minimum Gasteiger partial charge on any atom is -0.446 e. The van der Waals surface area contributed by atoms with Crippen molar-refractivity contribution in [2.24, 2.45) is 5.92 Å². The molecule has 4 heterocycles. The van der Waals surface area contributed by atoms with Crippen molar-refractivity contribution >= 4 is 23.3 Å². The summed E-state index contributed by atoms with van der Waals surface area (Å²) in [6, 6.07) is 3.72. The Morgan fingerprint density at radius 2 is 2.03 bits per heavy atom. The third-order valence-electron chi connectivity index (χ3n) is 5.04. The van der Waals surface area contributed by atoms with Gasteiger partial charge in [-0.15, -0.1) is 0 Å². The third kappa shape index (κ3) is 4.76. The molecule has 9 heteroatoms. The van der Waals surface area contributed by atoms with E-state index in [0.29, 0.717) is 34.9 Å². The highest BCUT2D eigenvalue weighted by molar-refractivity contribution is 6.00. The zero-order valence-corrected chi connectivity index (χ0v) is 19.0. The molecule has 1 aliphatic heterocycles. The lowest BCUT2D eigenvalue weighted by Crippen LogP contribution is -2.29. The molecular weight excluding hydrogens is 413 g/mol. The fourth-order valence-corrected chi connectivity index (χ4v) is 3.44. The fraction of sp³-hybridized carbons (Fsp3) is 0.435.